The molecule has 0 spiro atoms. The second-order valence-corrected chi connectivity index (χ2v) is 6.04. The molecule has 6 heteroatoms. The summed E-state index contributed by atoms with van der Waals surface area (Å²) < 4.78 is 5.19. The summed E-state index contributed by atoms with van der Waals surface area (Å²) in [5, 5.41) is 8.88. The summed E-state index contributed by atoms with van der Waals surface area (Å²) in [6.07, 6.45) is 4.42. The zero-order valence-corrected chi connectivity index (χ0v) is 12.0. The maximum atomic E-state index is 11.6. The molecule has 1 amide bonds. The van der Waals surface area contributed by atoms with Crippen molar-refractivity contribution in [3.63, 3.8) is 0 Å². The van der Waals surface area contributed by atoms with Gasteiger partial charge in [0, 0.05) is 19.4 Å². The fourth-order valence-corrected chi connectivity index (χ4v) is 2.58. The minimum absolute atomic E-state index is 0.120. The number of thiophene rings is 1. The number of rotatable bonds is 7. The number of carbonyl (C=O) groups is 1. The summed E-state index contributed by atoms with van der Waals surface area (Å²) in [5.41, 5.74) is 0. The molecule has 1 saturated carbocycles. The topological polar surface area (TPSA) is 68.0 Å². The zero-order valence-electron chi connectivity index (χ0n) is 11.2. The number of aromatic nitrogens is 2. The van der Waals surface area contributed by atoms with Crippen molar-refractivity contribution in [2.24, 2.45) is 5.92 Å². The smallest absolute Gasteiger partial charge is 0.226 e. The van der Waals surface area contributed by atoms with Crippen LogP contribution in [0.5, 0.6) is 0 Å². The highest BCUT2D eigenvalue weighted by Gasteiger charge is 2.21. The molecule has 1 aliphatic carbocycles. The minimum Gasteiger partial charge on any atom is -0.356 e. The van der Waals surface area contributed by atoms with Crippen molar-refractivity contribution < 1.29 is 9.32 Å². The van der Waals surface area contributed by atoms with E-state index in [1.54, 1.807) is 11.3 Å². The highest BCUT2D eigenvalue weighted by Crippen LogP contribution is 2.27. The predicted molar refractivity (Wildman–Crippen MR) is 76.3 cm³/mol. The van der Waals surface area contributed by atoms with E-state index >= 15 is 0 Å². The van der Waals surface area contributed by atoms with Crippen LogP contribution in [0, 0.1) is 5.92 Å². The summed E-state index contributed by atoms with van der Waals surface area (Å²) >= 11 is 1.58. The molecule has 2 aromatic heterocycles. The van der Waals surface area contributed by atoms with Crippen LogP contribution in [-0.4, -0.2) is 22.6 Å². The number of amides is 1. The molecule has 2 heterocycles. The van der Waals surface area contributed by atoms with Crippen LogP contribution in [-0.2, 0) is 11.2 Å². The van der Waals surface area contributed by atoms with Crippen molar-refractivity contribution in [2.75, 3.05) is 6.54 Å². The Morgan fingerprint density at radius 1 is 1.50 bits per heavy atom. The molecule has 1 aliphatic rings. The van der Waals surface area contributed by atoms with Crippen molar-refractivity contribution >= 4 is 17.2 Å². The van der Waals surface area contributed by atoms with Crippen molar-refractivity contribution in [1.29, 1.82) is 0 Å². The molecule has 0 unspecified atom stereocenters. The molecule has 0 aromatic carbocycles. The lowest BCUT2D eigenvalue weighted by Gasteiger charge is -2.02. The van der Waals surface area contributed by atoms with Crippen molar-refractivity contribution in [3.05, 3.63) is 23.4 Å². The van der Waals surface area contributed by atoms with Crippen molar-refractivity contribution in [3.8, 4) is 10.7 Å². The van der Waals surface area contributed by atoms with Gasteiger partial charge in [-0.3, -0.25) is 4.79 Å². The molecule has 3 rings (SSSR count). The number of hydrogen-bond donors (Lipinski definition) is 1. The Balaban J connectivity index is 1.40. The van der Waals surface area contributed by atoms with E-state index in [1.807, 2.05) is 17.5 Å². The molecule has 0 bridgehead atoms. The summed E-state index contributed by atoms with van der Waals surface area (Å²) in [6.45, 7) is 0.835. The Labute approximate surface area is 121 Å². The Hall–Kier alpha value is -1.69. The first-order valence-electron chi connectivity index (χ1n) is 6.94. The largest absolute Gasteiger partial charge is 0.356 e. The third kappa shape index (κ3) is 3.66. The maximum absolute atomic E-state index is 11.6. The van der Waals surface area contributed by atoms with E-state index in [-0.39, 0.29) is 5.91 Å². The van der Waals surface area contributed by atoms with E-state index in [0.717, 1.165) is 23.8 Å². The molecule has 0 saturated heterocycles. The molecule has 0 aliphatic heterocycles. The number of nitrogens with zero attached hydrogens (tertiary/aromatic N) is 2. The van der Waals surface area contributed by atoms with E-state index in [9.17, 15) is 4.79 Å². The highest BCUT2D eigenvalue weighted by atomic mass is 32.1. The predicted octanol–water partition coefficient (Wildman–Crippen LogP) is 2.65. The van der Waals surface area contributed by atoms with Gasteiger partial charge < -0.3 is 9.84 Å². The summed E-state index contributed by atoms with van der Waals surface area (Å²) in [7, 11) is 0. The SMILES string of the molecule is O=C(CCCc1nc(-c2cccs2)no1)NCC1CC1. The molecule has 0 atom stereocenters. The minimum atomic E-state index is 0.120. The van der Waals surface area contributed by atoms with Crippen LogP contribution in [0.3, 0.4) is 0 Å². The number of nitrogens with one attached hydrogen (secondary N) is 1. The van der Waals surface area contributed by atoms with E-state index in [2.05, 4.69) is 15.5 Å². The summed E-state index contributed by atoms with van der Waals surface area (Å²) in [6, 6.07) is 3.92. The fourth-order valence-electron chi connectivity index (χ4n) is 1.93. The Bertz CT molecular complexity index is 561. The maximum Gasteiger partial charge on any atom is 0.226 e. The van der Waals surface area contributed by atoms with E-state index in [4.69, 9.17) is 4.52 Å². The monoisotopic (exact) mass is 291 g/mol. The standard InChI is InChI=1S/C14H17N3O2S/c18-12(15-9-10-6-7-10)4-1-5-13-16-14(17-19-13)11-3-2-8-20-11/h2-3,8,10H,1,4-7,9H2,(H,15,18). The molecular weight excluding hydrogens is 274 g/mol. The normalized spacial score (nSPS) is 14.4. The van der Waals surface area contributed by atoms with Gasteiger partial charge in [-0.05, 0) is 36.6 Å². The first-order valence-corrected chi connectivity index (χ1v) is 7.82. The second kappa shape index (κ2) is 6.17. The Kier molecular flexibility index (Phi) is 4.11. The van der Waals surface area contributed by atoms with Gasteiger partial charge in [-0.25, -0.2) is 0 Å². The van der Waals surface area contributed by atoms with Gasteiger partial charge >= 0.3 is 0 Å². The lowest BCUT2D eigenvalue weighted by atomic mass is 10.2. The third-order valence-electron chi connectivity index (χ3n) is 3.29. The number of carbonyl (C=O) groups excluding carboxylic acids is 1. The van der Waals surface area contributed by atoms with Gasteiger partial charge in [-0.2, -0.15) is 4.98 Å². The van der Waals surface area contributed by atoms with Gasteiger partial charge in [0.15, 0.2) is 0 Å². The highest BCUT2D eigenvalue weighted by molar-refractivity contribution is 7.13. The molecule has 0 radical (unpaired) electrons. The fraction of sp³-hybridized carbons (Fsp3) is 0.500. The lowest BCUT2D eigenvalue weighted by molar-refractivity contribution is -0.121. The first-order chi connectivity index (χ1) is 9.81. The van der Waals surface area contributed by atoms with Crippen LogP contribution in [0.1, 0.15) is 31.6 Å². The van der Waals surface area contributed by atoms with Crippen molar-refractivity contribution in [2.45, 2.75) is 32.1 Å². The van der Waals surface area contributed by atoms with Gasteiger partial charge in [-0.1, -0.05) is 11.2 Å². The van der Waals surface area contributed by atoms with Crippen LogP contribution < -0.4 is 5.32 Å². The van der Waals surface area contributed by atoms with Crippen LogP contribution in [0.2, 0.25) is 0 Å². The van der Waals surface area contributed by atoms with Gasteiger partial charge in [0.25, 0.3) is 0 Å². The quantitative estimate of drug-likeness (QED) is 0.851. The molecule has 1 fully saturated rings. The number of aryl methyl sites for hydroxylation is 1. The van der Waals surface area contributed by atoms with Crippen LogP contribution >= 0.6 is 11.3 Å². The van der Waals surface area contributed by atoms with E-state index < -0.39 is 0 Å². The third-order valence-corrected chi connectivity index (χ3v) is 4.15. The summed E-state index contributed by atoms with van der Waals surface area (Å²) in [5.74, 6) is 2.08. The van der Waals surface area contributed by atoms with Crippen LogP contribution in [0.4, 0.5) is 0 Å². The van der Waals surface area contributed by atoms with Gasteiger partial charge in [0.2, 0.25) is 17.6 Å². The molecular formula is C14H17N3O2S. The Morgan fingerprint density at radius 2 is 2.40 bits per heavy atom. The first kappa shape index (κ1) is 13.3. The summed E-state index contributed by atoms with van der Waals surface area (Å²) in [4.78, 5) is 16.9. The average molecular weight is 291 g/mol. The molecule has 1 N–H and O–H groups in total. The second-order valence-electron chi connectivity index (χ2n) is 5.09. The van der Waals surface area contributed by atoms with Gasteiger partial charge in [0.1, 0.15) is 0 Å². The lowest BCUT2D eigenvalue weighted by Crippen LogP contribution is -2.25. The van der Waals surface area contributed by atoms with Crippen LogP contribution in [0.15, 0.2) is 22.0 Å². The molecule has 5 nitrogen and oxygen atoms in total. The zero-order chi connectivity index (χ0) is 13.8. The average Bonchev–Trinajstić information content (AvgIpc) is 2.92. The van der Waals surface area contributed by atoms with Crippen LogP contribution in [0.25, 0.3) is 10.7 Å². The molecule has 2 aromatic rings. The van der Waals surface area contributed by atoms with E-state index in [1.165, 1.54) is 12.8 Å². The van der Waals surface area contributed by atoms with Gasteiger partial charge in [0.05, 0.1) is 4.88 Å². The van der Waals surface area contributed by atoms with E-state index in [0.29, 0.717) is 24.6 Å². The number of hydrogen-bond acceptors (Lipinski definition) is 5. The van der Waals surface area contributed by atoms with Gasteiger partial charge in [-0.15, -0.1) is 11.3 Å². The van der Waals surface area contributed by atoms with Crippen molar-refractivity contribution in [1.82, 2.24) is 15.5 Å². The molecule has 106 valence electrons. The Morgan fingerprint density at radius 3 is 3.15 bits per heavy atom. The molecule has 20 heavy (non-hydrogen) atoms.